The van der Waals surface area contributed by atoms with Crippen molar-refractivity contribution in [1.29, 1.82) is 0 Å². The minimum atomic E-state index is -0.0491. The molecule has 0 unspecified atom stereocenters. The quantitative estimate of drug-likeness (QED) is 0.713. The Morgan fingerprint density at radius 3 is 2.37 bits per heavy atom. The molecule has 0 radical (unpaired) electrons. The zero-order valence-corrected chi connectivity index (χ0v) is 18.0. The monoisotopic (exact) mass is 416 g/mol. The van der Waals surface area contributed by atoms with Crippen LogP contribution in [0.15, 0.2) is 18.2 Å². The Balaban J connectivity index is 1.44. The lowest BCUT2D eigenvalue weighted by atomic mass is 10.0. The average Bonchev–Trinajstić information content (AvgIpc) is 3.64. The van der Waals surface area contributed by atoms with E-state index in [4.69, 9.17) is 14.2 Å². The van der Waals surface area contributed by atoms with E-state index in [0.29, 0.717) is 29.5 Å². The van der Waals surface area contributed by atoms with Crippen LogP contribution in [0.5, 0.6) is 11.5 Å². The van der Waals surface area contributed by atoms with Crippen molar-refractivity contribution in [3.8, 4) is 11.5 Å². The molecule has 0 N–H and O–H groups in total. The summed E-state index contributed by atoms with van der Waals surface area (Å²) in [5.74, 6) is 1.73. The molecule has 2 saturated heterocycles. The van der Waals surface area contributed by atoms with E-state index in [1.165, 1.54) is 0 Å². The predicted octanol–water partition coefficient (Wildman–Crippen LogP) is 2.73. The summed E-state index contributed by atoms with van der Waals surface area (Å²) in [4.78, 5) is 29.4. The standard InChI is InChI=1S/C23H32N2O5/c1-28-18-7-8-21(20(14-18)23(27)25-11-3-4-19(15-25)29-2)30-17-9-12-24(13-10-17)22(26)16-5-6-16/h7-8,14,16-17,19H,3-6,9-13,15H2,1-2H3/t19-/m0/s1. The van der Waals surface area contributed by atoms with E-state index in [1.807, 2.05) is 21.9 Å². The summed E-state index contributed by atoms with van der Waals surface area (Å²) in [5, 5.41) is 0. The second kappa shape index (κ2) is 9.25. The molecule has 7 heteroatoms. The Morgan fingerprint density at radius 2 is 1.70 bits per heavy atom. The predicted molar refractivity (Wildman–Crippen MR) is 112 cm³/mol. The summed E-state index contributed by atoms with van der Waals surface area (Å²) in [5.41, 5.74) is 0.530. The molecule has 3 aliphatic rings. The van der Waals surface area contributed by atoms with E-state index in [2.05, 4.69) is 0 Å². The number of methoxy groups -OCH3 is 2. The van der Waals surface area contributed by atoms with E-state index < -0.39 is 0 Å². The number of likely N-dealkylation sites (tertiary alicyclic amines) is 2. The maximum atomic E-state index is 13.3. The molecule has 1 aliphatic carbocycles. The van der Waals surface area contributed by atoms with Gasteiger partial charge in [-0.3, -0.25) is 9.59 Å². The van der Waals surface area contributed by atoms with Crippen molar-refractivity contribution in [2.75, 3.05) is 40.4 Å². The van der Waals surface area contributed by atoms with Crippen LogP contribution in [0, 0.1) is 5.92 Å². The van der Waals surface area contributed by atoms with Gasteiger partial charge in [0.15, 0.2) is 0 Å². The average molecular weight is 417 g/mol. The number of hydrogen-bond acceptors (Lipinski definition) is 5. The first-order valence-electron chi connectivity index (χ1n) is 11.0. The van der Waals surface area contributed by atoms with Crippen LogP contribution in [0.1, 0.15) is 48.9 Å². The van der Waals surface area contributed by atoms with Crippen molar-refractivity contribution >= 4 is 11.8 Å². The lowest BCUT2D eigenvalue weighted by molar-refractivity contribution is -0.134. The summed E-state index contributed by atoms with van der Waals surface area (Å²) in [6.45, 7) is 2.76. The Kier molecular flexibility index (Phi) is 6.46. The highest BCUT2D eigenvalue weighted by molar-refractivity contribution is 5.97. The van der Waals surface area contributed by atoms with E-state index in [1.54, 1.807) is 20.3 Å². The summed E-state index contributed by atoms with van der Waals surface area (Å²) in [7, 11) is 3.29. The molecule has 2 heterocycles. The second-order valence-corrected chi connectivity index (χ2v) is 8.53. The van der Waals surface area contributed by atoms with Gasteiger partial charge in [-0.15, -0.1) is 0 Å². The van der Waals surface area contributed by atoms with Crippen molar-refractivity contribution in [3.05, 3.63) is 23.8 Å². The molecule has 0 aromatic heterocycles. The molecule has 164 valence electrons. The number of benzene rings is 1. The first-order valence-corrected chi connectivity index (χ1v) is 11.0. The normalized spacial score (nSPS) is 22.7. The van der Waals surface area contributed by atoms with Crippen LogP contribution < -0.4 is 9.47 Å². The van der Waals surface area contributed by atoms with Crippen molar-refractivity contribution in [2.45, 2.75) is 50.7 Å². The van der Waals surface area contributed by atoms with Gasteiger partial charge in [0.05, 0.1) is 18.8 Å². The number of hydrogen-bond donors (Lipinski definition) is 0. The Bertz CT molecular complexity index is 771. The smallest absolute Gasteiger partial charge is 0.257 e. The lowest BCUT2D eigenvalue weighted by Gasteiger charge is -2.34. The topological polar surface area (TPSA) is 68.3 Å². The highest BCUT2D eigenvalue weighted by Crippen LogP contribution is 2.33. The van der Waals surface area contributed by atoms with Gasteiger partial charge in [-0.05, 0) is 43.9 Å². The minimum absolute atomic E-state index is 0.00118. The summed E-state index contributed by atoms with van der Waals surface area (Å²) in [6.07, 6.45) is 5.62. The van der Waals surface area contributed by atoms with E-state index >= 15 is 0 Å². The van der Waals surface area contributed by atoms with E-state index in [9.17, 15) is 9.59 Å². The molecule has 0 spiro atoms. The third-order valence-corrected chi connectivity index (χ3v) is 6.39. The number of carbonyl (C=O) groups excluding carboxylic acids is 2. The number of carbonyl (C=O) groups is 2. The van der Waals surface area contributed by atoms with Crippen LogP contribution in [0.4, 0.5) is 0 Å². The molecule has 0 bridgehead atoms. The number of rotatable bonds is 6. The van der Waals surface area contributed by atoms with Crippen molar-refractivity contribution in [1.82, 2.24) is 9.80 Å². The minimum Gasteiger partial charge on any atom is -0.497 e. The largest absolute Gasteiger partial charge is 0.497 e. The zero-order valence-electron chi connectivity index (χ0n) is 18.0. The maximum Gasteiger partial charge on any atom is 0.257 e. The fourth-order valence-electron chi connectivity index (χ4n) is 4.35. The van der Waals surface area contributed by atoms with Crippen LogP contribution in [0.25, 0.3) is 0 Å². The number of ether oxygens (including phenoxy) is 3. The van der Waals surface area contributed by atoms with Crippen molar-refractivity contribution < 1.29 is 23.8 Å². The Labute approximate surface area is 178 Å². The van der Waals surface area contributed by atoms with Crippen LogP contribution in [-0.4, -0.2) is 74.2 Å². The SMILES string of the molecule is COc1ccc(OC2CCN(C(=O)C3CC3)CC2)c(C(=O)N2CCC[C@H](OC)C2)c1. The molecule has 1 saturated carbocycles. The van der Waals surface area contributed by atoms with Gasteiger partial charge in [0.2, 0.25) is 5.91 Å². The van der Waals surface area contributed by atoms with Gasteiger partial charge >= 0.3 is 0 Å². The maximum absolute atomic E-state index is 13.3. The molecule has 3 fully saturated rings. The molecular formula is C23H32N2O5. The van der Waals surface area contributed by atoms with Gasteiger partial charge in [0.1, 0.15) is 17.6 Å². The van der Waals surface area contributed by atoms with Crippen LogP contribution in [0.2, 0.25) is 0 Å². The van der Waals surface area contributed by atoms with Gasteiger partial charge in [-0.25, -0.2) is 0 Å². The fourth-order valence-corrected chi connectivity index (χ4v) is 4.35. The van der Waals surface area contributed by atoms with Gasteiger partial charge in [-0.2, -0.15) is 0 Å². The van der Waals surface area contributed by atoms with E-state index in [-0.39, 0.29) is 24.0 Å². The first kappa shape index (κ1) is 21.0. The molecule has 7 nitrogen and oxygen atoms in total. The third kappa shape index (κ3) is 4.72. The highest BCUT2D eigenvalue weighted by Gasteiger charge is 2.35. The molecule has 2 amide bonds. The number of piperidine rings is 2. The lowest BCUT2D eigenvalue weighted by Crippen LogP contribution is -2.43. The molecule has 4 rings (SSSR count). The van der Waals surface area contributed by atoms with Gasteiger partial charge in [-0.1, -0.05) is 0 Å². The van der Waals surface area contributed by atoms with Gasteiger partial charge in [0, 0.05) is 52.0 Å². The summed E-state index contributed by atoms with van der Waals surface area (Å²) in [6, 6.07) is 5.41. The van der Waals surface area contributed by atoms with Gasteiger partial charge in [0.25, 0.3) is 5.91 Å². The summed E-state index contributed by atoms with van der Waals surface area (Å²) < 4.78 is 17.1. The van der Waals surface area contributed by atoms with Crippen LogP contribution in [0.3, 0.4) is 0 Å². The molecular weight excluding hydrogens is 384 g/mol. The molecule has 1 aromatic rings. The first-order chi connectivity index (χ1) is 14.6. The second-order valence-electron chi connectivity index (χ2n) is 8.53. The molecule has 30 heavy (non-hydrogen) atoms. The summed E-state index contributed by atoms with van der Waals surface area (Å²) >= 11 is 0. The third-order valence-electron chi connectivity index (χ3n) is 6.39. The Morgan fingerprint density at radius 1 is 0.933 bits per heavy atom. The van der Waals surface area contributed by atoms with Crippen molar-refractivity contribution in [2.24, 2.45) is 5.92 Å². The molecule has 2 aliphatic heterocycles. The van der Waals surface area contributed by atoms with Gasteiger partial charge < -0.3 is 24.0 Å². The fraction of sp³-hybridized carbons (Fsp3) is 0.652. The highest BCUT2D eigenvalue weighted by atomic mass is 16.5. The number of nitrogens with zero attached hydrogens (tertiary/aromatic N) is 2. The van der Waals surface area contributed by atoms with Crippen molar-refractivity contribution in [3.63, 3.8) is 0 Å². The Hall–Kier alpha value is -2.28. The number of amides is 2. The molecule has 1 aromatic carbocycles. The van der Waals surface area contributed by atoms with E-state index in [0.717, 1.165) is 58.2 Å². The van der Waals surface area contributed by atoms with Crippen LogP contribution in [-0.2, 0) is 9.53 Å². The van der Waals surface area contributed by atoms with Crippen LogP contribution >= 0.6 is 0 Å². The zero-order chi connectivity index (χ0) is 21.1. The molecule has 1 atom stereocenters.